The van der Waals surface area contributed by atoms with Gasteiger partial charge in [0.05, 0.1) is 17.0 Å². The topological polar surface area (TPSA) is 29.5 Å². The summed E-state index contributed by atoms with van der Waals surface area (Å²) in [6.07, 6.45) is 0.881. The maximum Gasteiger partial charge on any atom is 0.416 e. The van der Waals surface area contributed by atoms with E-state index in [1.165, 1.54) is 29.9 Å². The van der Waals surface area contributed by atoms with E-state index in [1.54, 1.807) is 0 Å². The lowest BCUT2D eigenvalue weighted by atomic mass is 9.93. The van der Waals surface area contributed by atoms with Crippen molar-refractivity contribution in [1.29, 1.82) is 0 Å². The van der Waals surface area contributed by atoms with E-state index in [2.05, 4.69) is 12.1 Å². The standard InChI is InChI=1S/C32H32F3NO2S/c1-3-38-28-18-15-23(22-13-16-25(17-14-22)32(33,34)35)19-24(28)20-36(26-9-5-4-6-10-26)31(37)30-21(2)27-11-7-8-12-29(27)39-30/h7-8,11-19,26H,3-6,9-10,20H2,1-2H3. The van der Waals surface area contributed by atoms with Crippen LogP contribution in [0.3, 0.4) is 0 Å². The third-order valence-corrected chi connectivity index (χ3v) is 8.82. The first-order chi connectivity index (χ1) is 18.8. The normalized spacial score (nSPS) is 14.5. The number of alkyl halides is 3. The van der Waals surface area contributed by atoms with Crippen molar-refractivity contribution in [2.45, 2.75) is 64.7 Å². The molecule has 3 aromatic carbocycles. The number of benzene rings is 3. The fourth-order valence-electron chi connectivity index (χ4n) is 5.48. The van der Waals surface area contributed by atoms with Gasteiger partial charge in [-0.3, -0.25) is 4.79 Å². The lowest BCUT2D eigenvalue weighted by Gasteiger charge is -2.35. The summed E-state index contributed by atoms with van der Waals surface area (Å²) in [5.41, 5.74) is 2.65. The van der Waals surface area contributed by atoms with Crippen LogP contribution < -0.4 is 4.74 Å². The van der Waals surface area contributed by atoms with Gasteiger partial charge >= 0.3 is 6.18 Å². The first-order valence-electron chi connectivity index (χ1n) is 13.5. The zero-order chi connectivity index (χ0) is 27.6. The molecule has 1 fully saturated rings. The summed E-state index contributed by atoms with van der Waals surface area (Å²) in [5, 5.41) is 1.11. The molecule has 0 unspecified atom stereocenters. The molecule has 7 heteroatoms. The van der Waals surface area contributed by atoms with Crippen LogP contribution in [0.25, 0.3) is 21.2 Å². The smallest absolute Gasteiger partial charge is 0.416 e. The Kier molecular flexibility index (Phi) is 7.98. The first-order valence-corrected chi connectivity index (χ1v) is 14.3. The highest BCUT2D eigenvalue weighted by atomic mass is 32.1. The molecule has 1 saturated carbocycles. The van der Waals surface area contributed by atoms with Crippen LogP contribution in [-0.2, 0) is 12.7 Å². The van der Waals surface area contributed by atoms with Crippen LogP contribution in [0, 0.1) is 6.92 Å². The van der Waals surface area contributed by atoms with E-state index in [0.29, 0.717) is 24.5 Å². The van der Waals surface area contributed by atoms with Gasteiger partial charge in [-0.1, -0.05) is 55.7 Å². The molecule has 1 aliphatic rings. The minimum atomic E-state index is -4.38. The molecule has 0 radical (unpaired) electrons. The number of hydrogen-bond acceptors (Lipinski definition) is 3. The molecule has 4 aromatic rings. The summed E-state index contributed by atoms with van der Waals surface area (Å²) in [6.45, 7) is 4.78. The summed E-state index contributed by atoms with van der Waals surface area (Å²) < 4.78 is 46.4. The Morgan fingerprint density at radius 3 is 2.33 bits per heavy atom. The van der Waals surface area contributed by atoms with Crippen LogP contribution in [0.4, 0.5) is 13.2 Å². The van der Waals surface area contributed by atoms with Gasteiger partial charge in [-0.05, 0) is 79.1 Å². The number of carbonyl (C=O) groups is 1. The Labute approximate surface area is 231 Å². The molecule has 0 N–H and O–H groups in total. The van der Waals surface area contributed by atoms with Crippen LogP contribution in [0.5, 0.6) is 5.75 Å². The molecule has 5 rings (SSSR count). The maximum atomic E-state index is 14.2. The van der Waals surface area contributed by atoms with E-state index in [1.807, 2.05) is 49.1 Å². The molecule has 0 aliphatic heterocycles. The zero-order valence-electron chi connectivity index (χ0n) is 22.2. The molecule has 1 amide bonds. The summed E-state index contributed by atoms with van der Waals surface area (Å²) in [5.74, 6) is 0.720. The molecule has 39 heavy (non-hydrogen) atoms. The minimum Gasteiger partial charge on any atom is -0.494 e. The summed E-state index contributed by atoms with van der Waals surface area (Å²) in [4.78, 5) is 17.0. The Hall–Kier alpha value is -3.32. The maximum absolute atomic E-state index is 14.2. The predicted molar refractivity (Wildman–Crippen MR) is 151 cm³/mol. The largest absolute Gasteiger partial charge is 0.494 e. The van der Waals surface area contributed by atoms with Gasteiger partial charge in [0.15, 0.2) is 0 Å². The molecule has 0 saturated heterocycles. The number of amides is 1. The van der Waals surface area contributed by atoms with E-state index in [4.69, 9.17) is 4.74 Å². The lowest BCUT2D eigenvalue weighted by molar-refractivity contribution is -0.137. The molecule has 0 atom stereocenters. The quantitative estimate of drug-likeness (QED) is 0.229. The molecular formula is C32H32F3NO2S. The van der Waals surface area contributed by atoms with Crippen molar-refractivity contribution in [3.8, 4) is 16.9 Å². The summed E-state index contributed by atoms with van der Waals surface area (Å²) >= 11 is 1.54. The summed E-state index contributed by atoms with van der Waals surface area (Å²) in [7, 11) is 0. The Morgan fingerprint density at radius 1 is 0.974 bits per heavy atom. The van der Waals surface area contributed by atoms with Gasteiger partial charge in [0, 0.05) is 22.8 Å². The number of rotatable bonds is 7. The SMILES string of the molecule is CCOc1ccc(-c2ccc(C(F)(F)F)cc2)cc1CN(C(=O)c1sc2ccccc2c1C)C1CCCCC1. The Balaban J connectivity index is 1.52. The number of aryl methyl sites for hydroxylation is 1. The Bertz CT molecular complexity index is 1450. The molecule has 204 valence electrons. The molecule has 0 bridgehead atoms. The zero-order valence-corrected chi connectivity index (χ0v) is 23.0. The van der Waals surface area contributed by atoms with Gasteiger partial charge < -0.3 is 9.64 Å². The van der Waals surface area contributed by atoms with Crippen LogP contribution in [0.1, 0.15) is 65.4 Å². The second-order valence-electron chi connectivity index (χ2n) is 10.1. The van der Waals surface area contributed by atoms with Crippen LogP contribution in [-0.4, -0.2) is 23.5 Å². The van der Waals surface area contributed by atoms with Crippen LogP contribution in [0.2, 0.25) is 0 Å². The van der Waals surface area contributed by atoms with Gasteiger partial charge in [0.1, 0.15) is 5.75 Å². The molecule has 1 heterocycles. The van der Waals surface area contributed by atoms with Crippen molar-refractivity contribution in [2.24, 2.45) is 0 Å². The fraction of sp³-hybridized carbons (Fsp3) is 0.344. The highest BCUT2D eigenvalue weighted by Gasteiger charge is 2.31. The average Bonchev–Trinajstić information content (AvgIpc) is 3.28. The molecule has 1 aromatic heterocycles. The van der Waals surface area contributed by atoms with Gasteiger partial charge in [0.2, 0.25) is 0 Å². The van der Waals surface area contributed by atoms with E-state index >= 15 is 0 Å². The number of ether oxygens (including phenoxy) is 1. The molecular weight excluding hydrogens is 519 g/mol. The van der Waals surface area contributed by atoms with E-state index in [9.17, 15) is 18.0 Å². The summed E-state index contributed by atoms with van der Waals surface area (Å²) in [6, 6.07) is 19.1. The van der Waals surface area contributed by atoms with Crippen LogP contribution in [0.15, 0.2) is 66.7 Å². The second kappa shape index (κ2) is 11.4. The number of hydrogen-bond donors (Lipinski definition) is 0. The number of nitrogens with zero attached hydrogens (tertiary/aromatic N) is 1. The van der Waals surface area contributed by atoms with E-state index < -0.39 is 11.7 Å². The van der Waals surface area contributed by atoms with Crippen molar-refractivity contribution in [1.82, 2.24) is 4.90 Å². The number of thiophene rings is 1. The van der Waals surface area contributed by atoms with Crippen molar-refractivity contribution >= 4 is 27.3 Å². The Morgan fingerprint density at radius 2 is 1.67 bits per heavy atom. The van der Waals surface area contributed by atoms with E-state index in [-0.39, 0.29) is 11.9 Å². The molecule has 0 spiro atoms. The van der Waals surface area contributed by atoms with Gasteiger partial charge in [-0.2, -0.15) is 13.2 Å². The second-order valence-corrected chi connectivity index (χ2v) is 11.2. The highest BCUT2D eigenvalue weighted by Crippen LogP contribution is 2.36. The lowest BCUT2D eigenvalue weighted by Crippen LogP contribution is -2.41. The van der Waals surface area contributed by atoms with Crippen LogP contribution >= 0.6 is 11.3 Å². The minimum absolute atomic E-state index is 0.0305. The van der Waals surface area contributed by atoms with Crippen molar-refractivity contribution in [3.63, 3.8) is 0 Å². The monoisotopic (exact) mass is 551 g/mol. The molecule has 3 nitrogen and oxygen atoms in total. The average molecular weight is 552 g/mol. The highest BCUT2D eigenvalue weighted by molar-refractivity contribution is 7.21. The van der Waals surface area contributed by atoms with Crippen molar-refractivity contribution in [3.05, 3.63) is 88.3 Å². The third kappa shape index (κ3) is 5.83. The first kappa shape index (κ1) is 27.3. The number of fused-ring (bicyclic) bond motifs is 1. The van der Waals surface area contributed by atoms with E-state index in [0.717, 1.165) is 69.5 Å². The van der Waals surface area contributed by atoms with Gasteiger partial charge in [-0.25, -0.2) is 0 Å². The number of halogens is 3. The molecule has 1 aliphatic carbocycles. The fourth-order valence-corrected chi connectivity index (χ4v) is 6.65. The van der Waals surface area contributed by atoms with Gasteiger partial charge in [0.25, 0.3) is 5.91 Å². The van der Waals surface area contributed by atoms with Crippen molar-refractivity contribution < 1.29 is 22.7 Å². The van der Waals surface area contributed by atoms with Gasteiger partial charge in [-0.15, -0.1) is 11.3 Å². The van der Waals surface area contributed by atoms with Crippen molar-refractivity contribution in [2.75, 3.05) is 6.61 Å². The number of carbonyl (C=O) groups excluding carboxylic acids is 1. The predicted octanol–water partition coefficient (Wildman–Crippen LogP) is 9.27. The third-order valence-electron chi connectivity index (χ3n) is 7.56.